The summed E-state index contributed by atoms with van der Waals surface area (Å²) >= 11 is 0. The van der Waals surface area contributed by atoms with E-state index in [0.717, 1.165) is 19.3 Å². The molecule has 0 heterocycles. The summed E-state index contributed by atoms with van der Waals surface area (Å²) in [4.78, 5) is 13.1. The molecular weight excluding hydrogens is 364 g/mol. The first kappa shape index (κ1) is 22.8. The van der Waals surface area contributed by atoms with Crippen molar-refractivity contribution in [2.75, 3.05) is 0 Å². The van der Waals surface area contributed by atoms with Crippen LogP contribution < -0.4 is 0 Å². The smallest absolute Gasteiger partial charge is 0.136 e. The maximum Gasteiger partial charge on any atom is 0.136 e. The second-order valence-electron chi connectivity index (χ2n) is 10.5. The van der Waals surface area contributed by atoms with E-state index in [2.05, 4.69) is 83.1 Å². The highest BCUT2D eigenvalue weighted by Gasteiger charge is 2.42. The number of hydrogen-bond donors (Lipinski definition) is 0. The van der Waals surface area contributed by atoms with Gasteiger partial charge in [-0.15, -0.1) is 0 Å². The van der Waals surface area contributed by atoms with Gasteiger partial charge in [-0.1, -0.05) is 101 Å². The van der Waals surface area contributed by atoms with Crippen LogP contribution >= 0.6 is 0 Å². The average Bonchev–Trinajstić information content (AvgIpc) is 3.02. The Bertz CT molecular complexity index is 807. The molecule has 0 bridgehead atoms. The highest BCUT2D eigenvalue weighted by Crippen LogP contribution is 2.46. The zero-order valence-corrected chi connectivity index (χ0v) is 19.7. The van der Waals surface area contributed by atoms with Gasteiger partial charge in [-0.25, -0.2) is 0 Å². The minimum atomic E-state index is 0.162. The summed E-state index contributed by atoms with van der Waals surface area (Å²) in [6.07, 6.45) is 7.68. The molecule has 0 spiro atoms. The van der Waals surface area contributed by atoms with Gasteiger partial charge in [0.2, 0.25) is 0 Å². The summed E-state index contributed by atoms with van der Waals surface area (Å²) in [6.45, 7) is 11.2. The Labute approximate surface area is 184 Å². The molecule has 3 rings (SSSR count). The van der Waals surface area contributed by atoms with Gasteiger partial charge in [0.15, 0.2) is 0 Å². The van der Waals surface area contributed by atoms with Gasteiger partial charge < -0.3 is 0 Å². The van der Waals surface area contributed by atoms with Gasteiger partial charge in [0.05, 0.1) is 0 Å². The second kappa shape index (κ2) is 9.94. The highest BCUT2D eigenvalue weighted by molar-refractivity contribution is 5.85. The zero-order chi connectivity index (χ0) is 21.7. The molecule has 30 heavy (non-hydrogen) atoms. The molecule has 162 valence electrons. The summed E-state index contributed by atoms with van der Waals surface area (Å²) in [5, 5.41) is 0. The number of unbranched alkanes of at least 4 members (excludes halogenated alkanes) is 2. The zero-order valence-electron chi connectivity index (χ0n) is 19.7. The lowest BCUT2D eigenvalue weighted by molar-refractivity contribution is -0.121. The minimum Gasteiger partial charge on any atom is -0.299 e. The van der Waals surface area contributed by atoms with Crippen molar-refractivity contribution in [2.24, 2.45) is 11.8 Å². The number of benzene rings is 2. The predicted molar refractivity (Wildman–Crippen MR) is 128 cm³/mol. The molecule has 0 amide bonds. The monoisotopic (exact) mass is 404 g/mol. The summed E-state index contributed by atoms with van der Waals surface area (Å²) in [5.74, 6) is 1.55. The molecule has 1 nitrogen and oxygen atoms in total. The van der Waals surface area contributed by atoms with Crippen LogP contribution in [0.2, 0.25) is 0 Å². The molecule has 0 aliphatic heterocycles. The van der Waals surface area contributed by atoms with Gasteiger partial charge >= 0.3 is 0 Å². The third kappa shape index (κ3) is 5.62. The number of ketones is 1. The van der Waals surface area contributed by atoms with E-state index in [-0.39, 0.29) is 11.3 Å². The Kier molecular flexibility index (Phi) is 7.55. The topological polar surface area (TPSA) is 17.1 Å². The van der Waals surface area contributed by atoms with Crippen LogP contribution in [0.25, 0.3) is 0 Å². The largest absolute Gasteiger partial charge is 0.299 e. The van der Waals surface area contributed by atoms with Crippen molar-refractivity contribution in [2.45, 2.75) is 90.9 Å². The Morgan fingerprint density at radius 1 is 0.900 bits per heavy atom. The van der Waals surface area contributed by atoms with Gasteiger partial charge in [0.25, 0.3) is 0 Å². The van der Waals surface area contributed by atoms with E-state index in [1.807, 2.05) is 0 Å². The Hall–Kier alpha value is -1.89. The fourth-order valence-corrected chi connectivity index (χ4v) is 5.13. The van der Waals surface area contributed by atoms with E-state index in [1.54, 1.807) is 0 Å². The van der Waals surface area contributed by atoms with E-state index in [0.29, 0.717) is 17.6 Å². The van der Waals surface area contributed by atoms with Crippen molar-refractivity contribution in [3.63, 3.8) is 0 Å². The molecule has 1 aliphatic carbocycles. The Morgan fingerprint density at radius 3 is 2.17 bits per heavy atom. The molecular formula is C29H40O. The molecule has 1 fully saturated rings. The first-order valence-corrected chi connectivity index (χ1v) is 12.0. The Balaban J connectivity index is 1.81. The maximum absolute atomic E-state index is 13.1. The predicted octanol–water partition coefficient (Wildman–Crippen LogP) is 7.79. The van der Waals surface area contributed by atoms with Crippen LogP contribution in [0.4, 0.5) is 0 Å². The maximum atomic E-state index is 13.1. The lowest BCUT2D eigenvalue weighted by atomic mass is 9.77. The first-order chi connectivity index (χ1) is 14.3. The lowest BCUT2D eigenvalue weighted by Crippen LogP contribution is -2.18. The number of carbonyl (C=O) groups is 1. The molecule has 0 N–H and O–H groups in total. The molecule has 2 aromatic carbocycles. The summed E-state index contributed by atoms with van der Waals surface area (Å²) < 4.78 is 0. The molecule has 0 radical (unpaired) electrons. The van der Waals surface area contributed by atoms with Crippen LogP contribution in [0, 0.1) is 18.8 Å². The Morgan fingerprint density at radius 2 is 1.57 bits per heavy atom. The molecule has 3 atom stereocenters. The van der Waals surface area contributed by atoms with Crippen molar-refractivity contribution in [3.05, 3.63) is 70.8 Å². The van der Waals surface area contributed by atoms with Gasteiger partial charge in [0.1, 0.15) is 5.78 Å². The molecule has 1 aliphatic rings. The molecule has 3 unspecified atom stereocenters. The van der Waals surface area contributed by atoms with Gasteiger partial charge in [0, 0.05) is 12.3 Å². The molecule has 0 aromatic heterocycles. The fourth-order valence-electron chi connectivity index (χ4n) is 5.13. The van der Waals surface area contributed by atoms with Crippen molar-refractivity contribution in [1.29, 1.82) is 0 Å². The van der Waals surface area contributed by atoms with Crippen molar-refractivity contribution >= 4 is 5.78 Å². The molecule has 0 saturated heterocycles. The SMILES string of the molecule is CCCCCC1CC(=O)C(CCc2ccc(C)cc2)C1c1ccc(C(C)(C)C)cc1. The van der Waals surface area contributed by atoms with E-state index in [9.17, 15) is 4.79 Å². The first-order valence-electron chi connectivity index (χ1n) is 12.0. The standard InChI is InChI=1S/C29H40O/c1-6-7-8-9-24-20-27(30)26(19-14-22-12-10-21(2)11-13-22)28(24)23-15-17-25(18-16-23)29(3,4)5/h10-13,15-18,24,26,28H,6-9,14,19-20H2,1-5H3. The lowest BCUT2D eigenvalue weighted by Gasteiger charge is -2.26. The average molecular weight is 405 g/mol. The second-order valence-corrected chi connectivity index (χ2v) is 10.5. The van der Waals surface area contributed by atoms with Gasteiger partial charge in [-0.3, -0.25) is 4.79 Å². The van der Waals surface area contributed by atoms with Crippen LogP contribution in [-0.4, -0.2) is 5.78 Å². The van der Waals surface area contributed by atoms with Crippen molar-refractivity contribution in [3.8, 4) is 0 Å². The molecule has 1 saturated carbocycles. The third-order valence-corrected chi connectivity index (χ3v) is 7.02. The summed E-state index contributed by atoms with van der Waals surface area (Å²) in [6, 6.07) is 18.0. The highest BCUT2D eigenvalue weighted by atomic mass is 16.1. The minimum absolute atomic E-state index is 0.162. The van der Waals surface area contributed by atoms with Gasteiger partial charge in [-0.05, 0) is 60.1 Å². The number of aryl methyl sites for hydroxylation is 2. The fraction of sp³-hybridized carbons (Fsp3) is 0.552. The van der Waals surface area contributed by atoms with E-state index >= 15 is 0 Å². The van der Waals surface area contributed by atoms with E-state index < -0.39 is 0 Å². The van der Waals surface area contributed by atoms with E-state index in [4.69, 9.17) is 0 Å². The number of carbonyl (C=O) groups excluding carboxylic acids is 1. The number of Topliss-reactive ketones (excluding diaryl/α,β-unsaturated/α-hetero) is 1. The van der Waals surface area contributed by atoms with Crippen LogP contribution in [0.15, 0.2) is 48.5 Å². The van der Waals surface area contributed by atoms with Crippen molar-refractivity contribution in [1.82, 2.24) is 0 Å². The number of rotatable bonds is 8. The van der Waals surface area contributed by atoms with Crippen molar-refractivity contribution < 1.29 is 4.79 Å². The van der Waals surface area contributed by atoms with Gasteiger partial charge in [-0.2, -0.15) is 0 Å². The van der Waals surface area contributed by atoms with Crippen LogP contribution in [-0.2, 0) is 16.6 Å². The quantitative estimate of drug-likeness (QED) is 0.410. The van der Waals surface area contributed by atoms with E-state index in [1.165, 1.54) is 47.9 Å². The van der Waals surface area contributed by atoms with Crippen LogP contribution in [0.5, 0.6) is 0 Å². The normalized spacial score (nSPS) is 21.9. The molecule has 1 heteroatoms. The number of hydrogen-bond acceptors (Lipinski definition) is 1. The third-order valence-electron chi connectivity index (χ3n) is 7.02. The van der Waals surface area contributed by atoms with Crippen LogP contribution in [0.3, 0.4) is 0 Å². The van der Waals surface area contributed by atoms with Crippen LogP contribution in [0.1, 0.15) is 94.4 Å². The summed E-state index contributed by atoms with van der Waals surface area (Å²) in [7, 11) is 0. The molecule has 2 aromatic rings. The summed E-state index contributed by atoms with van der Waals surface area (Å²) in [5.41, 5.74) is 5.56.